The maximum atomic E-state index is 12.5. The molecule has 0 saturated carbocycles. The second kappa shape index (κ2) is 6.94. The molecular formula is C19H19ClN2O3. The normalized spacial score (nSPS) is 16.4. The number of hydrogen-bond acceptors (Lipinski definition) is 4. The standard InChI is InChI=1S/C19H19ClN2O3/c20-14-5-6-16-13(10-14)11-18(25-16)19(23)21-12-15(17-4-3-9-24-17)22-7-1-2-8-22/h3-6,9-11,15H,1-2,7-8,12H2,(H,21,23)/t15-/m1/s1. The molecule has 4 rings (SSSR count). The van der Waals surface area contributed by atoms with Crippen molar-refractivity contribution < 1.29 is 13.6 Å². The lowest BCUT2D eigenvalue weighted by Crippen LogP contribution is -2.36. The first-order chi connectivity index (χ1) is 12.2. The van der Waals surface area contributed by atoms with E-state index in [9.17, 15) is 4.79 Å². The highest BCUT2D eigenvalue weighted by Gasteiger charge is 2.26. The summed E-state index contributed by atoms with van der Waals surface area (Å²) < 4.78 is 11.2. The molecule has 3 aromatic rings. The van der Waals surface area contributed by atoms with Gasteiger partial charge in [0.2, 0.25) is 0 Å². The van der Waals surface area contributed by atoms with Gasteiger partial charge in [0.05, 0.1) is 12.3 Å². The fourth-order valence-corrected chi connectivity index (χ4v) is 3.53. The highest BCUT2D eigenvalue weighted by Crippen LogP contribution is 2.26. The van der Waals surface area contributed by atoms with E-state index in [4.69, 9.17) is 20.4 Å². The summed E-state index contributed by atoms with van der Waals surface area (Å²) in [5, 5.41) is 4.41. The quantitative estimate of drug-likeness (QED) is 0.740. The van der Waals surface area contributed by atoms with Crippen LogP contribution in [0, 0.1) is 0 Å². The molecule has 0 spiro atoms. The number of nitrogens with zero attached hydrogens (tertiary/aromatic N) is 1. The Morgan fingerprint density at radius 1 is 1.24 bits per heavy atom. The van der Waals surface area contributed by atoms with Crippen molar-refractivity contribution in [3.63, 3.8) is 0 Å². The number of carbonyl (C=O) groups is 1. The SMILES string of the molecule is O=C(NC[C@H](c1ccco1)N1CCCC1)c1cc2cc(Cl)ccc2o1. The molecule has 1 amide bonds. The number of fused-ring (bicyclic) bond motifs is 1. The minimum absolute atomic E-state index is 0.0419. The smallest absolute Gasteiger partial charge is 0.287 e. The molecule has 0 radical (unpaired) electrons. The highest BCUT2D eigenvalue weighted by atomic mass is 35.5. The van der Waals surface area contributed by atoms with Crippen molar-refractivity contribution in [2.75, 3.05) is 19.6 Å². The molecular weight excluding hydrogens is 340 g/mol. The summed E-state index contributed by atoms with van der Waals surface area (Å²) in [4.78, 5) is 14.8. The van der Waals surface area contributed by atoms with Crippen LogP contribution in [0.5, 0.6) is 0 Å². The number of hydrogen-bond donors (Lipinski definition) is 1. The zero-order valence-electron chi connectivity index (χ0n) is 13.7. The van der Waals surface area contributed by atoms with Gasteiger partial charge < -0.3 is 14.2 Å². The Morgan fingerprint density at radius 2 is 2.08 bits per heavy atom. The van der Waals surface area contributed by atoms with Gasteiger partial charge in [-0.05, 0) is 62.3 Å². The number of likely N-dealkylation sites (tertiary alicyclic amines) is 1. The van der Waals surface area contributed by atoms with Gasteiger partial charge in [-0.3, -0.25) is 9.69 Å². The summed E-state index contributed by atoms with van der Waals surface area (Å²) in [6.07, 6.45) is 4.02. The number of amides is 1. The Kier molecular flexibility index (Phi) is 4.51. The second-order valence-electron chi connectivity index (χ2n) is 6.28. The van der Waals surface area contributed by atoms with E-state index in [1.165, 1.54) is 12.8 Å². The number of rotatable bonds is 5. The first-order valence-corrected chi connectivity index (χ1v) is 8.83. The second-order valence-corrected chi connectivity index (χ2v) is 6.71. The van der Waals surface area contributed by atoms with Crippen molar-refractivity contribution in [1.29, 1.82) is 0 Å². The molecule has 1 fully saturated rings. The van der Waals surface area contributed by atoms with Crippen molar-refractivity contribution in [3.8, 4) is 0 Å². The van der Waals surface area contributed by atoms with Gasteiger partial charge in [-0.2, -0.15) is 0 Å². The molecule has 0 aliphatic carbocycles. The Labute approximate surface area is 150 Å². The van der Waals surface area contributed by atoms with Crippen molar-refractivity contribution in [3.05, 3.63) is 59.2 Å². The summed E-state index contributed by atoms with van der Waals surface area (Å²) >= 11 is 5.98. The van der Waals surface area contributed by atoms with E-state index < -0.39 is 0 Å². The van der Waals surface area contributed by atoms with Crippen molar-refractivity contribution >= 4 is 28.5 Å². The molecule has 1 atom stereocenters. The fourth-order valence-electron chi connectivity index (χ4n) is 3.35. The van der Waals surface area contributed by atoms with Crippen LogP contribution in [0.2, 0.25) is 5.02 Å². The van der Waals surface area contributed by atoms with Gasteiger partial charge in [0.15, 0.2) is 5.76 Å². The first-order valence-electron chi connectivity index (χ1n) is 8.45. The van der Waals surface area contributed by atoms with Crippen LogP contribution in [0.15, 0.2) is 51.5 Å². The third-order valence-electron chi connectivity index (χ3n) is 4.61. The Hall–Kier alpha value is -2.24. The molecule has 2 aromatic heterocycles. The van der Waals surface area contributed by atoms with E-state index in [1.807, 2.05) is 12.1 Å². The molecule has 1 aliphatic rings. The minimum Gasteiger partial charge on any atom is -0.468 e. The topological polar surface area (TPSA) is 58.6 Å². The average Bonchev–Trinajstić information content (AvgIpc) is 3.36. The van der Waals surface area contributed by atoms with E-state index in [-0.39, 0.29) is 17.7 Å². The van der Waals surface area contributed by atoms with Crippen LogP contribution in [-0.2, 0) is 0 Å². The van der Waals surface area contributed by atoms with Gasteiger partial charge >= 0.3 is 0 Å². The molecule has 5 nitrogen and oxygen atoms in total. The molecule has 130 valence electrons. The van der Waals surface area contributed by atoms with Crippen molar-refractivity contribution in [2.45, 2.75) is 18.9 Å². The maximum absolute atomic E-state index is 12.5. The van der Waals surface area contributed by atoms with E-state index in [2.05, 4.69) is 10.2 Å². The van der Waals surface area contributed by atoms with Crippen LogP contribution in [0.3, 0.4) is 0 Å². The van der Waals surface area contributed by atoms with E-state index in [1.54, 1.807) is 30.5 Å². The largest absolute Gasteiger partial charge is 0.468 e. The van der Waals surface area contributed by atoms with Gasteiger partial charge in [0, 0.05) is 17.0 Å². The van der Waals surface area contributed by atoms with Gasteiger partial charge in [-0.25, -0.2) is 0 Å². The molecule has 0 bridgehead atoms. The molecule has 1 saturated heterocycles. The number of nitrogens with one attached hydrogen (secondary N) is 1. The summed E-state index contributed by atoms with van der Waals surface area (Å²) in [6.45, 7) is 2.51. The predicted octanol–water partition coefficient (Wildman–Crippen LogP) is 4.25. The van der Waals surface area contributed by atoms with Gasteiger partial charge in [0.1, 0.15) is 11.3 Å². The average molecular weight is 359 g/mol. The van der Waals surface area contributed by atoms with Crippen LogP contribution in [0.25, 0.3) is 11.0 Å². The van der Waals surface area contributed by atoms with Gasteiger partial charge in [0.25, 0.3) is 5.91 Å². The molecule has 6 heteroatoms. The molecule has 25 heavy (non-hydrogen) atoms. The molecule has 1 aromatic carbocycles. The number of furan rings is 2. The maximum Gasteiger partial charge on any atom is 0.287 e. The van der Waals surface area contributed by atoms with Crippen molar-refractivity contribution in [2.24, 2.45) is 0 Å². The number of carbonyl (C=O) groups excluding carboxylic acids is 1. The van der Waals surface area contributed by atoms with Crippen LogP contribution in [0.4, 0.5) is 0 Å². The Morgan fingerprint density at radius 3 is 2.84 bits per heavy atom. The molecule has 1 aliphatic heterocycles. The summed E-state index contributed by atoms with van der Waals surface area (Å²) in [7, 11) is 0. The fraction of sp³-hybridized carbons (Fsp3) is 0.316. The zero-order chi connectivity index (χ0) is 17.2. The summed E-state index contributed by atoms with van der Waals surface area (Å²) in [5.74, 6) is 0.929. The van der Waals surface area contributed by atoms with E-state index >= 15 is 0 Å². The number of halogens is 1. The van der Waals surface area contributed by atoms with E-state index in [0.29, 0.717) is 17.2 Å². The molecule has 0 unspecified atom stereocenters. The monoisotopic (exact) mass is 358 g/mol. The van der Waals surface area contributed by atoms with Crippen LogP contribution >= 0.6 is 11.6 Å². The van der Waals surface area contributed by atoms with Crippen molar-refractivity contribution in [1.82, 2.24) is 10.2 Å². The van der Waals surface area contributed by atoms with Gasteiger partial charge in [-0.15, -0.1) is 0 Å². The molecule has 3 heterocycles. The van der Waals surface area contributed by atoms with Crippen LogP contribution in [0.1, 0.15) is 35.2 Å². The van der Waals surface area contributed by atoms with Gasteiger partial charge in [-0.1, -0.05) is 11.6 Å². The van der Waals surface area contributed by atoms with Crippen LogP contribution in [-0.4, -0.2) is 30.4 Å². The summed E-state index contributed by atoms with van der Waals surface area (Å²) in [5.41, 5.74) is 0.650. The number of benzene rings is 1. The Balaban J connectivity index is 1.48. The zero-order valence-corrected chi connectivity index (χ0v) is 14.5. The summed E-state index contributed by atoms with van der Waals surface area (Å²) in [6, 6.07) is 10.9. The first kappa shape index (κ1) is 16.2. The lowest BCUT2D eigenvalue weighted by Gasteiger charge is -2.25. The van der Waals surface area contributed by atoms with E-state index in [0.717, 1.165) is 24.2 Å². The third kappa shape index (κ3) is 3.43. The van der Waals surface area contributed by atoms with Crippen LogP contribution < -0.4 is 5.32 Å². The minimum atomic E-state index is -0.233. The lowest BCUT2D eigenvalue weighted by molar-refractivity contribution is 0.0908. The Bertz CT molecular complexity index is 866. The third-order valence-corrected chi connectivity index (χ3v) is 4.85. The predicted molar refractivity (Wildman–Crippen MR) is 95.8 cm³/mol. The lowest BCUT2D eigenvalue weighted by atomic mass is 10.2. The highest BCUT2D eigenvalue weighted by molar-refractivity contribution is 6.31. The molecule has 1 N–H and O–H groups in total.